The maximum Gasteiger partial charge on any atom is 0.336 e. The van der Waals surface area contributed by atoms with Crippen LogP contribution in [-0.2, 0) is 12.8 Å². The second-order valence-electron chi connectivity index (χ2n) is 18.7. The van der Waals surface area contributed by atoms with Gasteiger partial charge in [0.15, 0.2) is 22.7 Å². The van der Waals surface area contributed by atoms with E-state index < -0.39 is 23.1 Å². The van der Waals surface area contributed by atoms with Crippen LogP contribution >= 0.6 is 0 Å². The number of allylic oxidation sites excluding steroid dienone is 8. The van der Waals surface area contributed by atoms with E-state index in [0.29, 0.717) is 35.1 Å². The number of phenols is 4. The molecule has 4 N–H and O–H groups in total. The summed E-state index contributed by atoms with van der Waals surface area (Å²) < 4.78 is 10.9. The van der Waals surface area contributed by atoms with Crippen molar-refractivity contribution < 1.29 is 38.8 Å². The number of fused-ring (bicyclic) bond motifs is 2. The van der Waals surface area contributed by atoms with Crippen LogP contribution in [0.3, 0.4) is 0 Å². The van der Waals surface area contributed by atoms with Crippen LogP contribution in [0.2, 0.25) is 0 Å². The fourth-order valence-corrected chi connectivity index (χ4v) is 8.18. The molecule has 10 heteroatoms. The zero-order chi connectivity index (χ0) is 51.4. The van der Waals surface area contributed by atoms with Gasteiger partial charge in [0.1, 0.15) is 34.1 Å². The molecule has 10 nitrogen and oxygen atoms in total. The van der Waals surface area contributed by atoms with Gasteiger partial charge in [-0.15, -0.1) is 0 Å². The largest absolute Gasteiger partial charge is 0.507 e. The predicted molar refractivity (Wildman–Crippen MR) is 282 cm³/mol. The molecule has 6 aromatic rings. The lowest BCUT2D eigenvalue weighted by Gasteiger charge is -2.18. The topological polar surface area (TPSA) is 175 Å². The summed E-state index contributed by atoms with van der Waals surface area (Å²) in [5.41, 5.74) is 5.97. The molecule has 0 bridgehead atoms. The van der Waals surface area contributed by atoms with Crippen LogP contribution in [0, 0.1) is 11.8 Å². The zero-order valence-corrected chi connectivity index (χ0v) is 42.3. The van der Waals surface area contributed by atoms with Crippen LogP contribution in [0.25, 0.3) is 44.2 Å². The lowest BCUT2D eigenvalue weighted by Crippen LogP contribution is -2.13. The van der Waals surface area contributed by atoms with Crippen molar-refractivity contribution >= 4 is 33.5 Å². The Bertz CT molecular complexity index is 2890. The number of ketones is 2. The highest BCUT2D eigenvalue weighted by atomic mass is 16.4. The Morgan fingerprint density at radius 1 is 0.529 bits per heavy atom. The number of hydrogen-bond acceptors (Lipinski definition) is 10. The number of Topliss-reactive ketones (excluding diaryl/α,β-unsaturated/α-hetero) is 2. The standard InChI is InChI=1S/2C30H34O5/c2*1-6-20(5)27(32)26-29(34)22(16-15-19(4)12-10-11-18(2)3)28(33)25-23(17-24(31)35-30(25)26)21-13-8-7-9-14-21/h2*7-9,11,13-15,17,20,33-34H,6,10,12,16H2,1-5H3/b2*19-15+/t2*20-/m00/s1. The van der Waals surface area contributed by atoms with Crippen molar-refractivity contribution in [2.24, 2.45) is 11.8 Å². The highest BCUT2D eigenvalue weighted by Crippen LogP contribution is 2.46. The fourth-order valence-electron chi connectivity index (χ4n) is 8.18. The van der Waals surface area contributed by atoms with Crippen molar-refractivity contribution in [3.63, 3.8) is 0 Å². The van der Waals surface area contributed by atoms with Crippen molar-refractivity contribution in [1.29, 1.82) is 0 Å². The van der Waals surface area contributed by atoms with Crippen molar-refractivity contribution in [3.05, 3.63) is 162 Å². The van der Waals surface area contributed by atoms with E-state index in [4.69, 9.17) is 8.83 Å². The van der Waals surface area contributed by atoms with E-state index >= 15 is 0 Å². The van der Waals surface area contributed by atoms with E-state index in [2.05, 4.69) is 39.8 Å². The number of phenolic OH excluding ortho intramolecular Hbond substituents is 4. The van der Waals surface area contributed by atoms with Crippen LogP contribution in [0.1, 0.15) is 140 Å². The summed E-state index contributed by atoms with van der Waals surface area (Å²) in [6.07, 6.45) is 13.3. The third-order valence-electron chi connectivity index (χ3n) is 12.7. The molecule has 0 saturated heterocycles. The molecule has 0 aliphatic carbocycles. The van der Waals surface area contributed by atoms with E-state index in [1.54, 1.807) is 13.8 Å². The number of hydrogen-bond donors (Lipinski definition) is 4. The summed E-state index contributed by atoms with van der Waals surface area (Å²) in [5.74, 6) is -2.47. The number of benzene rings is 4. The summed E-state index contributed by atoms with van der Waals surface area (Å²) in [7, 11) is 0. The molecule has 0 radical (unpaired) electrons. The average Bonchev–Trinajstić information content (AvgIpc) is 3.33. The lowest BCUT2D eigenvalue weighted by molar-refractivity contribution is 0.0917. The number of rotatable bonds is 18. The molecule has 0 spiro atoms. The van der Waals surface area contributed by atoms with Gasteiger partial charge in [-0.2, -0.15) is 0 Å². The van der Waals surface area contributed by atoms with Crippen molar-refractivity contribution in [3.8, 4) is 45.3 Å². The molecule has 6 rings (SSSR count). The van der Waals surface area contributed by atoms with Gasteiger partial charge in [0.25, 0.3) is 0 Å². The van der Waals surface area contributed by atoms with E-state index in [9.17, 15) is 39.6 Å². The van der Waals surface area contributed by atoms with Crippen LogP contribution in [-0.4, -0.2) is 32.0 Å². The molecule has 368 valence electrons. The summed E-state index contributed by atoms with van der Waals surface area (Å²) in [4.78, 5) is 51.7. The smallest absolute Gasteiger partial charge is 0.336 e. The third kappa shape index (κ3) is 12.7. The molecule has 2 atom stereocenters. The van der Waals surface area contributed by atoms with Gasteiger partial charge in [-0.25, -0.2) is 9.59 Å². The maximum atomic E-state index is 13.4. The fraction of sp³-hybridized carbons (Fsp3) is 0.333. The van der Waals surface area contributed by atoms with Gasteiger partial charge in [0.2, 0.25) is 0 Å². The number of aromatic hydroxyl groups is 4. The van der Waals surface area contributed by atoms with Crippen LogP contribution in [0.5, 0.6) is 23.0 Å². The quantitative estimate of drug-likeness (QED) is 0.0369. The molecule has 0 fully saturated rings. The molecule has 2 heterocycles. The Morgan fingerprint density at radius 3 is 1.19 bits per heavy atom. The summed E-state index contributed by atoms with van der Waals surface area (Å²) in [6.45, 7) is 19.6. The first-order valence-electron chi connectivity index (χ1n) is 24.2. The molecular weight excluding hydrogens is 881 g/mol. The zero-order valence-electron chi connectivity index (χ0n) is 42.3. The molecule has 0 unspecified atom stereocenters. The van der Waals surface area contributed by atoms with Gasteiger partial charge in [0.05, 0.1) is 10.8 Å². The first kappa shape index (κ1) is 53.8. The molecule has 0 aliphatic rings. The second kappa shape index (κ2) is 24.4. The molecule has 0 amide bonds. The summed E-state index contributed by atoms with van der Waals surface area (Å²) in [6, 6.07) is 21.0. The monoisotopic (exact) mass is 948 g/mol. The summed E-state index contributed by atoms with van der Waals surface area (Å²) >= 11 is 0. The highest BCUT2D eigenvalue weighted by molar-refractivity contribution is 6.15. The normalized spacial score (nSPS) is 12.5. The van der Waals surface area contributed by atoms with Gasteiger partial charge in [0, 0.05) is 46.2 Å². The van der Waals surface area contributed by atoms with Crippen molar-refractivity contribution in [2.75, 3.05) is 0 Å². The SMILES string of the molecule is CC[C@H](C)C(=O)c1c(O)c(C/C=C(\C)CCC=C(C)C)c(O)c2c(-c3ccccc3)cc(=O)oc12.CC[C@H](C)C(=O)c1c(O)c(C/C=C(\C)CCC=C(C)C)c(O)c2c(-c3ccccc3)cc(=O)oc12. The van der Waals surface area contributed by atoms with Crippen molar-refractivity contribution in [2.45, 2.75) is 121 Å². The third-order valence-corrected chi connectivity index (χ3v) is 12.7. The minimum absolute atomic E-state index is 0.0485. The second-order valence-corrected chi connectivity index (χ2v) is 18.7. The van der Waals surface area contributed by atoms with E-state index in [-0.39, 0.29) is 91.6 Å². The van der Waals surface area contributed by atoms with Gasteiger partial charge >= 0.3 is 11.3 Å². The van der Waals surface area contributed by atoms with Crippen LogP contribution in [0.15, 0.2) is 138 Å². The predicted octanol–water partition coefficient (Wildman–Crippen LogP) is 14.7. The van der Waals surface area contributed by atoms with Crippen LogP contribution in [0.4, 0.5) is 0 Å². The molecule has 4 aromatic carbocycles. The first-order valence-corrected chi connectivity index (χ1v) is 24.2. The van der Waals surface area contributed by atoms with Crippen LogP contribution < -0.4 is 11.3 Å². The molecule has 70 heavy (non-hydrogen) atoms. The summed E-state index contributed by atoms with van der Waals surface area (Å²) in [5, 5.41) is 45.7. The average molecular weight is 949 g/mol. The highest BCUT2D eigenvalue weighted by Gasteiger charge is 2.31. The maximum absolute atomic E-state index is 13.4. The van der Waals surface area contributed by atoms with Gasteiger partial charge in [-0.3, -0.25) is 9.59 Å². The molecule has 2 aromatic heterocycles. The van der Waals surface area contributed by atoms with Gasteiger partial charge < -0.3 is 29.3 Å². The Hall–Kier alpha value is -7.20. The Morgan fingerprint density at radius 2 is 0.871 bits per heavy atom. The first-order chi connectivity index (χ1) is 33.3. The lowest BCUT2D eigenvalue weighted by atomic mass is 9.89. The van der Waals surface area contributed by atoms with E-state index in [0.717, 1.165) is 36.8 Å². The van der Waals surface area contributed by atoms with E-state index in [1.807, 2.05) is 101 Å². The molecule has 0 aliphatic heterocycles. The Labute approximate surface area is 411 Å². The Kier molecular flexibility index (Phi) is 18.7. The Balaban J connectivity index is 0.000000261. The minimum atomic E-state index is -0.656. The molecular formula is C60H68O10. The molecule has 0 saturated carbocycles. The van der Waals surface area contributed by atoms with Crippen molar-refractivity contribution in [1.82, 2.24) is 0 Å². The van der Waals surface area contributed by atoms with Gasteiger partial charge in [-0.1, -0.05) is 135 Å². The minimum Gasteiger partial charge on any atom is -0.507 e. The number of carbonyl (C=O) groups excluding carboxylic acids is 2. The number of carbonyl (C=O) groups is 2. The van der Waals surface area contributed by atoms with E-state index in [1.165, 1.54) is 23.3 Å². The van der Waals surface area contributed by atoms with Gasteiger partial charge in [-0.05, 0) is 104 Å².